The van der Waals surface area contributed by atoms with Crippen LogP contribution in [0.1, 0.15) is 26.3 Å². The molecule has 0 fully saturated rings. The number of benzene rings is 1. The number of ether oxygens (including phenoxy) is 1. The smallest absolute Gasteiger partial charge is 0.410 e. The SMILES string of the molecule is CNC(=O)C(Cc1ccccc1)N(C)C(=O)OC(C)(C)C. The molecule has 0 aliphatic heterocycles. The summed E-state index contributed by atoms with van der Waals surface area (Å²) in [6.07, 6.45) is -0.0666. The van der Waals surface area contributed by atoms with Gasteiger partial charge in [-0.3, -0.25) is 9.69 Å². The number of amides is 2. The van der Waals surface area contributed by atoms with Crippen LogP contribution >= 0.6 is 0 Å². The lowest BCUT2D eigenvalue weighted by Gasteiger charge is -2.29. The van der Waals surface area contributed by atoms with E-state index in [0.29, 0.717) is 6.42 Å². The highest BCUT2D eigenvalue weighted by molar-refractivity contribution is 5.85. The van der Waals surface area contributed by atoms with Crippen LogP contribution in [0.5, 0.6) is 0 Å². The number of hydrogen-bond acceptors (Lipinski definition) is 3. The Balaban J connectivity index is 2.87. The highest BCUT2D eigenvalue weighted by Gasteiger charge is 2.29. The maximum atomic E-state index is 12.1. The summed E-state index contributed by atoms with van der Waals surface area (Å²) in [6, 6.07) is 8.98. The monoisotopic (exact) mass is 292 g/mol. The number of nitrogens with zero attached hydrogens (tertiary/aromatic N) is 1. The zero-order valence-electron chi connectivity index (χ0n) is 13.3. The van der Waals surface area contributed by atoms with Gasteiger partial charge in [0.15, 0.2) is 0 Å². The predicted molar refractivity (Wildman–Crippen MR) is 82.0 cm³/mol. The molecule has 0 radical (unpaired) electrons. The largest absolute Gasteiger partial charge is 0.444 e. The van der Waals surface area contributed by atoms with Crippen LogP contribution in [0.4, 0.5) is 4.79 Å². The van der Waals surface area contributed by atoms with E-state index in [-0.39, 0.29) is 5.91 Å². The molecule has 1 aromatic carbocycles. The maximum Gasteiger partial charge on any atom is 0.410 e. The third kappa shape index (κ3) is 5.45. The van der Waals surface area contributed by atoms with Crippen molar-refractivity contribution >= 4 is 12.0 Å². The average molecular weight is 292 g/mol. The third-order valence-corrected chi connectivity index (χ3v) is 2.97. The third-order valence-electron chi connectivity index (χ3n) is 2.97. The first-order valence-electron chi connectivity index (χ1n) is 6.96. The predicted octanol–water partition coefficient (Wildman–Crippen LogP) is 2.21. The van der Waals surface area contributed by atoms with Crippen molar-refractivity contribution in [2.24, 2.45) is 0 Å². The quantitative estimate of drug-likeness (QED) is 0.925. The van der Waals surface area contributed by atoms with E-state index in [1.807, 2.05) is 30.3 Å². The fourth-order valence-corrected chi connectivity index (χ4v) is 1.87. The number of carbonyl (C=O) groups excluding carboxylic acids is 2. The Kier molecular flexibility index (Phi) is 5.76. The van der Waals surface area contributed by atoms with E-state index >= 15 is 0 Å². The van der Waals surface area contributed by atoms with Gasteiger partial charge in [-0.15, -0.1) is 0 Å². The molecule has 0 bridgehead atoms. The van der Waals surface area contributed by atoms with Gasteiger partial charge in [-0.25, -0.2) is 4.79 Å². The molecule has 0 aliphatic carbocycles. The van der Waals surface area contributed by atoms with Gasteiger partial charge in [0.1, 0.15) is 11.6 Å². The van der Waals surface area contributed by atoms with Crippen molar-refractivity contribution < 1.29 is 14.3 Å². The molecule has 1 unspecified atom stereocenters. The van der Waals surface area contributed by atoms with E-state index in [0.717, 1.165) is 5.56 Å². The van der Waals surface area contributed by atoms with Crippen LogP contribution in [0.3, 0.4) is 0 Å². The van der Waals surface area contributed by atoms with Crippen molar-refractivity contribution in [3.8, 4) is 0 Å². The molecule has 5 nitrogen and oxygen atoms in total. The van der Waals surface area contributed by atoms with E-state index in [9.17, 15) is 9.59 Å². The van der Waals surface area contributed by atoms with Gasteiger partial charge in [-0.2, -0.15) is 0 Å². The maximum absolute atomic E-state index is 12.1. The molecular weight excluding hydrogens is 268 g/mol. The van der Waals surface area contributed by atoms with E-state index in [1.165, 1.54) is 4.90 Å². The molecule has 116 valence electrons. The van der Waals surface area contributed by atoms with Gasteiger partial charge in [0.25, 0.3) is 0 Å². The molecule has 21 heavy (non-hydrogen) atoms. The molecule has 0 saturated carbocycles. The van der Waals surface area contributed by atoms with Crippen LogP contribution in [0, 0.1) is 0 Å². The lowest BCUT2D eigenvalue weighted by Crippen LogP contribution is -2.49. The summed E-state index contributed by atoms with van der Waals surface area (Å²) < 4.78 is 5.32. The van der Waals surface area contributed by atoms with Crippen LogP contribution < -0.4 is 5.32 Å². The standard InChI is InChI=1S/C16H24N2O3/c1-16(2,3)21-15(20)18(5)13(14(19)17-4)11-12-9-7-6-8-10-12/h6-10,13H,11H2,1-5H3,(H,17,19). The van der Waals surface area contributed by atoms with Crippen molar-refractivity contribution in [3.05, 3.63) is 35.9 Å². The molecular formula is C16H24N2O3. The fraction of sp³-hybridized carbons (Fsp3) is 0.500. The van der Waals surface area contributed by atoms with Crippen molar-refractivity contribution in [3.63, 3.8) is 0 Å². The molecule has 1 rings (SSSR count). The zero-order chi connectivity index (χ0) is 16.0. The minimum atomic E-state index is -0.604. The summed E-state index contributed by atoms with van der Waals surface area (Å²) in [7, 11) is 3.14. The van der Waals surface area contributed by atoms with E-state index in [2.05, 4.69) is 5.32 Å². The van der Waals surface area contributed by atoms with Gasteiger partial charge < -0.3 is 10.1 Å². The lowest BCUT2D eigenvalue weighted by atomic mass is 10.0. The Morgan fingerprint density at radius 1 is 1.24 bits per heavy atom. The number of likely N-dealkylation sites (N-methyl/N-ethyl adjacent to an activating group) is 2. The minimum absolute atomic E-state index is 0.216. The molecule has 0 heterocycles. The van der Waals surface area contributed by atoms with Gasteiger partial charge in [-0.1, -0.05) is 30.3 Å². The van der Waals surface area contributed by atoms with Gasteiger partial charge in [-0.05, 0) is 26.3 Å². The zero-order valence-corrected chi connectivity index (χ0v) is 13.3. The van der Waals surface area contributed by atoms with Crippen LogP contribution in [-0.4, -0.2) is 42.6 Å². The number of rotatable bonds is 4. The van der Waals surface area contributed by atoms with Gasteiger partial charge in [0.05, 0.1) is 0 Å². The summed E-state index contributed by atoms with van der Waals surface area (Å²) >= 11 is 0. The average Bonchev–Trinajstić information content (AvgIpc) is 2.42. The molecule has 0 aliphatic rings. The van der Waals surface area contributed by atoms with Crippen LogP contribution in [-0.2, 0) is 16.0 Å². The van der Waals surface area contributed by atoms with Crippen LogP contribution in [0.15, 0.2) is 30.3 Å². The second-order valence-electron chi connectivity index (χ2n) is 5.91. The summed E-state index contributed by atoms with van der Waals surface area (Å²) in [6.45, 7) is 5.39. The topological polar surface area (TPSA) is 58.6 Å². The van der Waals surface area contributed by atoms with Crippen molar-refractivity contribution in [1.29, 1.82) is 0 Å². The Morgan fingerprint density at radius 2 is 1.81 bits per heavy atom. The van der Waals surface area contributed by atoms with Gasteiger partial charge in [0, 0.05) is 20.5 Å². The van der Waals surface area contributed by atoms with Gasteiger partial charge >= 0.3 is 6.09 Å². The van der Waals surface area contributed by atoms with E-state index in [4.69, 9.17) is 4.74 Å². The molecule has 1 N–H and O–H groups in total. The Hall–Kier alpha value is -2.04. The van der Waals surface area contributed by atoms with Crippen molar-refractivity contribution in [2.45, 2.75) is 38.8 Å². The number of carbonyl (C=O) groups is 2. The first-order chi connectivity index (χ1) is 9.74. The summed E-state index contributed by atoms with van der Waals surface area (Å²) in [5.74, 6) is -0.216. The normalized spacial score (nSPS) is 12.4. The fourth-order valence-electron chi connectivity index (χ4n) is 1.87. The molecule has 5 heteroatoms. The van der Waals surface area contributed by atoms with E-state index < -0.39 is 17.7 Å². The van der Waals surface area contributed by atoms with Gasteiger partial charge in [0.2, 0.25) is 5.91 Å². The molecule has 0 aromatic heterocycles. The summed E-state index contributed by atoms with van der Waals surface area (Å²) in [4.78, 5) is 25.5. The number of hydrogen-bond donors (Lipinski definition) is 1. The highest BCUT2D eigenvalue weighted by atomic mass is 16.6. The molecule has 0 saturated heterocycles. The Bertz CT molecular complexity index is 480. The van der Waals surface area contributed by atoms with Crippen molar-refractivity contribution in [2.75, 3.05) is 14.1 Å². The first-order valence-corrected chi connectivity index (χ1v) is 6.96. The summed E-state index contributed by atoms with van der Waals surface area (Å²) in [5.41, 5.74) is 0.396. The minimum Gasteiger partial charge on any atom is -0.444 e. The first kappa shape index (κ1) is 17.0. The molecule has 2 amide bonds. The second-order valence-corrected chi connectivity index (χ2v) is 5.91. The number of nitrogens with one attached hydrogen (secondary N) is 1. The summed E-state index contributed by atoms with van der Waals surface area (Å²) in [5, 5.41) is 2.60. The lowest BCUT2D eigenvalue weighted by molar-refractivity contribution is -0.125. The van der Waals surface area contributed by atoms with E-state index in [1.54, 1.807) is 34.9 Å². The van der Waals surface area contributed by atoms with Crippen LogP contribution in [0.25, 0.3) is 0 Å². The van der Waals surface area contributed by atoms with Crippen LogP contribution in [0.2, 0.25) is 0 Å². The molecule has 1 atom stereocenters. The molecule has 0 spiro atoms. The Labute approximate surface area is 126 Å². The second kappa shape index (κ2) is 7.11. The Morgan fingerprint density at radius 3 is 2.29 bits per heavy atom. The van der Waals surface area contributed by atoms with Crippen molar-refractivity contribution in [1.82, 2.24) is 10.2 Å². The highest BCUT2D eigenvalue weighted by Crippen LogP contribution is 2.13. The molecule has 1 aromatic rings.